The predicted octanol–water partition coefficient (Wildman–Crippen LogP) is 3.14. The average molecular weight is 252 g/mol. The Morgan fingerprint density at radius 1 is 1.35 bits per heavy atom. The van der Waals surface area contributed by atoms with Gasteiger partial charge in [-0.15, -0.1) is 0 Å². The minimum Gasteiger partial charge on any atom is -0.327 e. The van der Waals surface area contributed by atoms with Crippen LogP contribution in [0.4, 0.5) is 0 Å². The van der Waals surface area contributed by atoms with Crippen LogP contribution in [0.1, 0.15) is 37.7 Å². The van der Waals surface area contributed by atoms with E-state index in [9.17, 15) is 4.79 Å². The molecule has 0 aliphatic heterocycles. The van der Waals surface area contributed by atoms with Gasteiger partial charge in [0, 0.05) is 17.0 Å². The van der Waals surface area contributed by atoms with Crippen molar-refractivity contribution < 1.29 is 4.79 Å². The van der Waals surface area contributed by atoms with Crippen molar-refractivity contribution in [2.24, 2.45) is 11.7 Å². The molecule has 92 valence electrons. The molecule has 3 atom stereocenters. The number of hydrogen-bond donors (Lipinski definition) is 1. The van der Waals surface area contributed by atoms with Gasteiger partial charge < -0.3 is 5.73 Å². The van der Waals surface area contributed by atoms with Gasteiger partial charge in [-0.05, 0) is 43.4 Å². The Bertz CT molecular complexity index is 401. The molecule has 1 fully saturated rings. The summed E-state index contributed by atoms with van der Waals surface area (Å²) in [4.78, 5) is 11.9. The number of hydrogen-bond acceptors (Lipinski definition) is 2. The number of carbonyl (C=O) groups excluding carboxylic acids is 1. The number of ketones is 1. The zero-order chi connectivity index (χ0) is 12.4. The lowest BCUT2D eigenvalue weighted by atomic mass is 9.80. The maximum atomic E-state index is 11.9. The van der Waals surface area contributed by atoms with Crippen molar-refractivity contribution in [2.45, 2.75) is 38.1 Å². The normalized spacial score (nSPS) is 25.8. The fraction of sp³-hybridized carbons (Fsp3) is 0.500. The fourth-order valence-electron chi connectivity index (χ4n) is 2.88. The lowest BCUT2D eigenvalue weighted by Crippen LogP contribution is -2.32. The minimum atomic E-state index is -0.0650. The molecule has 3 heteroatoms. The molecule has 1 aliphatic carbocycles. The van der Waals surface area contributed by atoms with E-state index in [0.29, 0.717) is 5.02 Å². The minimum absolute atomic E-state index is 0.0650. The number of rotatable bonds is 3. The highest BCUT2D eigenvalue weighted by molar-refractivity contribution is 6.30. The van der Waals surface area contributed by atoms with E-state index in [1.807, 2.05) is 24.3 Å². The van der Waals surface area contributed by atoms with Gasteiger partial charge in [0.1, 0.15) is 5.78 Å². The Hall–Kier alpha value is -0.860. The molecule has 0 saturated heterocycles. The van der Waals surface area contributed by atoms with Gasteiger partial charge in [0.05, 0.1) is 0 Å². The summed E-state index contributed by atoms with van der Waals surface area (Å²) in [6.45, 7) is 1.66. The van der Waals surface area contributed by atoms with Crippen molar-refractivity contribution in [2.75, 3.05) is 0 Å². The summed E-state index contributed by atoms with van der Waals surface area (Å²) in [5.74, 6) is 0.424. The maximum absolute atomic E-state index is 11.9. The van der Waals surface area contributed by atoms with Crippen LogP contribution < -0.4 is 5.73 Å². The summed E-state index contributed by atoms with van der Waals surface area (Å²) in [6, 6.07) is 7.72. The monoisotopic (exact) mass is 251 g/mol. The molecule has 17 heavy (non-hydrogen) atoms. The average Bonchev–Trinajstić information content (AvgIpc) is 2.68. The van der Waals surface area contributed by atoms with Crippen LogP contribution in [0.5, 0.6) is 0 Å². The highest BCUT2D eigenvalue weighted by Gasteiger charge is 2.34. The second kappa shape index (κ2) is 5.19. The zero-order valence-corrected chi connectivity index (χ0v) is 10.8. The van der Waals surface area contributed by atoms with Crippen molar-refractivity contribution in [3.05, 3.63) is 34.9 Å². The summed E-state index contributed by atoms with van der Waals surface area (Å²) < 4.78 is 0. The molecule has 2 N–H and O–H groups in total. The summed E-state index contributed by atoms with van der Waals surface area (Å²) in [5.41, 5.74) is 7.15. The number of Topliss-reactive ketones (excluding diaryl/α,β-unsaturated/α-hetero) is 1. The molecule has 2 nitrogen and oxygen atoms in total. The Morgan fingerprint density at radius 2 is 2.00 bits per heavy atom. The van der Waals surface area contributed by atoms with Crippen molar-refractivity contribution in [3.8, 4) is 0 Å². The topological polar surface area (TPSA) is 43.1 Å². The van der Waals surface area contributed by atoms with E-state index >= 15 is 0 Å². The molecule has 1 aromatic rings. The van der Waals surface area contributed by atoms with Crippen LogP contribution in [0.15, 0.2) is 24.3 Å². The van der Waals surface area contributed by atoms with Crippen LogP contribution in [0, 0.1) is 5.92 Å². The van der Waals surface area contributed by atoms with Crippen molar-refractivity contribution in [3.63, 3.8) is 0 Å². The van der Waals surface area contributed by atoms with Gasteiger partial charge in [0.15, 0.2) is 0 Å². The summed E-state index contributed by atoms with van der Waals surface area (Å²) in [7, 11) is 0. The summed E-state index contributed by atoms with van der Waals surface area (Å²) >= 11 is 5.87. The Labute approximate surface area is 107 Å². The number of nitrogens with two attached hydrogens (primary N) is 1. The molecule has 0 bridgehead atoms. The van der Waals surface area contributed by atoms with Gasteiger partial charge in [-0.1, -0.05) is 30.2 Å². The van der Waals surface area contributed by atoms with Crippen LogP contribution in [0.25, 0.3) is 0 Å². The van der Waals surface area contributed by atoms with Crippen molar-refractivity contribution in [1.29, 1.82) is 0 Å². The lowest BCUT2D eigenvalue weighted by Gasteiger charge is -2.25. The van der Waals surface area contributed by atoms with E-state index in [1.54, 1.807) is 6.92 Å². The highest BCUT2D eigenvalue weighted by Crippen LogP contribution is 2.37. The fourth-order valence-corrected chi connectivity index (χ4v) is 3.01. The first kappa shape index (κ1) is 12.6. The Kier molecular flexibility index (Phi) is 3.85. The third kappa shape index (κ3) is 2.70. The number of benzene rings is 1. The van der Waals surface area contributed by atoms with Gasteiger partial charge in [-0.2, -0.15) is 0 Å². The molecule has 0 aromatic heterocycles. The standard InChI is InChI=1S/C14H18ClNO/c1-9(17)14(12-3-2-4-13(12)16)10-5-7-11(15)8-6-10/h5-8,12-14H,2-4,16H2,1H3. The van der Waals surface area contributed by atoms with Gasteiger partial charge in [0.2, 0.25) is 0 Å². The first-order chi connectivity index (χ1) is 8.09. The molecular formula is C14H18ClNO. The Morgan fingerprint density at radius 3 is 2.47 bits per heavy atom. The first-order valence-electron chi connectivity index (χ1n) is 6.11. The van der Waals surface area contributed by atoms with Crippen LogP contribution in [-0.2, 0) is 4.79 Å². The zero-order valence-electron chi connectivity index (χ0n) is 10.0. The van der Waals surface area contributed by atoms with Gasteiger partial charge in [-0.3, -0.25) is 4.79 Å². The van der Waals surface area contributed by atoms with E-state index in [-0.39, 0.29) is 23.7 Å². The molecule has 0 amide bonds. The van der Waals surface area contributed by atoms with Crippen LogP contribution in [0.3, 0.4) is 0 Å². The van der Waals surface area contributed by atoms with Crippen molar-refractivity contribution in [1.82, 2.24) is 0 Å². The summed E-state index contributed by atoms with van der Waals surface area (Å²) in [5, 5.41) is 0.701. The number of carbonyl (C=O) groups is 1. The van der Waals surface area contributed by atoms with Crippen LogP contribution in [0.2, 0.25) is 5.02 Å². The smallest absolute Gasteiger partial charge is 0.137 e. The van der Waals surface area contributed by atoms with E-state index < -0.39 is 0 Å². The van der Waals surface area contributed by atoms with Crippen LogP contribution >= 0.6 is 11.6 Å². The summed E-state index contributed by atoms with van der Waals surface area (Å²) in [6.07, 6.45) is 3.21. The van der Waals surface area contributed by atoms with E-state index in [0.717, 1.165) is 24.8 Å². The second-order valence-corrected chi connectivity index (χ2v) is 5.33. The molecule has 1 aromatic carbocycles. The Balaban J connectivity index is 2.28. The van der Waals surface area contributed by atoms with Crippen molar-refractivity contribution >= 4 is 17.4 Å². The van der Waals surface area contributed by atoms with Gasteiger partial charge in [-0.25, -0.2) is 0 Å². The molecule has 0 heterocycles. The second-order valence-electron chi connectivity index (χ2n) is 4.90. The first-order valence-corrected chi connectivity index (χ1v) is 6.49. The largest absolute Gasteiger partial charge is 0.327 e. The molecule has 2 rings (SSSR count). The number of halogens is 1. The van der Waals surface area contributed by atoms with Gasteiger partial charge in [0.25, 0.3) is 0 Å². The molecule has 1 aliphatic rings. The quantitative estimate of drug-likeness (QED) is 0.897. The van der Waals surface area contributed by atoms with E-state index in [1.165, 1.54) is 0 Å². The van der Waals surface area contributed by atoms with Gasteiger partial charge >= 0.3 is 0 Å². The molecule has 0 radical (unpaired) electrons. The third-order valence-electron chi connectivity index (χ3n) is 3.72. The molecular weight excluding hydrogens is 234 g/mol. The lowest BCUT2D eigenvalue weighted by molar-refractivity contribution is -0.119. The molecule has 0 spiro atoms. The van der Waals surface area contributed by atoms with Crippen LogP contribution in [-0.4, -0.2) is 11.8 Å². The molecule has 3 unspecified atom stereocenters. The molecule has 1 saturated carbocycles. The maximum Gasteiger partial charge on any atom is 0.137 e. The van der Waals surface area contributed by atoms with E-state index in [2.05, 4.69) is 0 Å². The SMILES string of the molecule is CC(=O)C(c1ccc(Cl)cc1)C1CCCC1N. The van der Waals surface area contributed by atoms with E-state index in [4.69, 9.17) is 17.3 Å². The highest BCUT2D eigenvalue weighted by atomic mass is 35.5. The predicted molar refractivity (Wildman–Crippen MR) is 70.2 cm³/mol. The third-order valence-corrected chi connectivity index (χ3v) is 3.97.